The van der Waals surface area contributed by atoms with Crippen molar-refractivity contribution in [2.45, 2.75) is 0 Å². The van der Waals surface area contributed by atoms with Gasteiger partial charge in [0, 0.05) is 114 Å². The molecule has 0 bridgehead atoms. The molecule has 0 unspecified atom stereocenters. The third-order valence-electron chi connectivity index (χ3n) is 19.4. The highest BCUT2D eigenvalue weighted by Gasteiger charge is 2.20. The van der Waals surface area contributed by atoms with Gasteiger partial charge in [0.05, 0.1) is 46.0 Å². The SMILES string of the molecule is N#Cc1cccc(-c2cc(-c3cc(-c4ccc5sc6ccccc6c5c4)cc(-c4ccc5sc6ccccc6c5c4)c3)nc(-c3ccccc3)n2)c1.N#Cc1ccccc1-c1cc(-c2cc(-c3ccc4sc5ccccc5c4c3)cc(-c3ccc4sc5ccccc5c4c3)c2)nc(-c2ccccc2)n1. The molecular formula is C94H54N6S4. The summed E-state index contributed by atoms with van der Waals surface area (Å²) >= 11 is 7.33. The number of nitriles is 2. The van der Waals surface area contributed by atoms with E-state index in [-0.39, 0.29) is 0 Å². The maximum absolute atomic E-state index is 10.0. The Morgan fingerprint density at radius 1 is 0.202 bits per heavy atom. The van der Waals surface area contributed by atoms with Crippen LogP contribution in [0.1, 0.15) is 11.1 Å². The summed E-state index contributed by atoms with van der Waals surface area (Å²) in [6.07, 6.45) is 0. The van der Waals surface area contributed by atoms with Crippen LogP contribution in [-0.2, 0) is 0 Å². The molecule has 14 aromatic carbocycles. The van der Waals surface area contributed by atoms with Crippen molar-refractivity contribution in [2.75, 3.05) is 0 Å². The van der Waals surface area contributed by atoms with E-state index < -0.39 is 0 Å². The first-order valence-electron chi connectivity index (χ1n) is 34.2. The first kappa shape index (κ1) is 62.1. The molecule has 6 heterocycles. The molecule has 0 aliphatic rings. The molecule has 6 aromatic heterocycles. The van der Waals surface area contributed by atoms with Crippen LogP contribution in [0.25, 0.3) is 193 Å². The summed E-state index contributed by atoms with van der Waals surface area (Å²) in [5.41, 5.74) is 18.8. The summed E-state index contributed by atoms with van der Waals surface area (Å²) in [7, 11) is 0. The van der Waals surface area contributed by atoms with Gasteiger partial charge in [-0.3, -0.25) is 0 Å². The van der Waals surface area contributed by atoms with Crippen LogP contribution in [0.2, 0.25) is 0 Å². The molecule has 0 radical (unpaired) electrons. The molecular weight excluding hydrogens is 1340 g/mol. The second-order valence-corrected chi connectivity index (χ2v) is 30.2. The number of fused-ring (bicyclic) bond motifs is 12. The average Bonchev–Trinajstić information content (AvgIpc) is 0.996. The van der Waals surface area contributed by atoms with Crippen molar-refractivity contribution in [3.8, 4) is 124 Å². The molecule has 0 spiro atoms. The van der Waals surface area contributed by atoms with E-state index in [2.05, 4.69) is 224 Å². The highest BCUT2D eigenvalue weighted by molar-refractivity contribution is 7.27. The lowest BCUT2D eigenvalue weighted by Crippen LogP contribution is -1.97. The largest absolute Gasteiger partial charge is 0.228 e. The fourth-order valence-corrected chi connectivity index (χ4v) is 18.6. The number of thiophene rings is 4. The fourth-order valence-electron chi connectivity index (χ4n) is 14.3. The van der Waals surface area contributed by atoms with Crippen LogP contribution < -0.4 is 0 Å². The third kappa shape index (κ3) is 11.6. The molecule has 0 saturated carbocycles. The standard InChI is InChI=1S/2C47H27N3S2/c48-28-29-9-8-12-33(21-29)41-27-42(50-47(49-41)30-10-2-1-3-11-30)36-23-34(31-17-19-45-39(25-31)37-13-4-6-15-43(37)51-45)22-35(24-36)32-18-20-46-40(26-32)38-14-5-7-16-44(38)52-46;48-28-32-12-4-5-13-36(32)42-27-41(49-47(50-42)29-10-2-1-3-11-29)35-23-33(30-18-20-45-39(25-30)37-14-6-8-16-43(37)51-45)22-34(24-35)31-19-21-46-40(26-31)38-15-7-9-17-44(38)52-46/h2*1-27H. The number of aromatic nitrogens is 4. The van der Waals surface area contributed by atoms with Gasteiger partial charge in [0.1, 0.15) is 0 Å². The molecule has 0 aliphatic heterocycles. The van der Waals surface area contributed by atoms with Gasteiger partial charge in [0.25, 0.3) is 0 Å². The molecule has 0 aliphatic carbocycles. The Morgan fingerprint density at radius 2 is 0.519 bits per heavy atom. The first-order chi connectivity index (χ1) is 51.3. The van der Waals surface area contributed by atoms with Crippen molar-refractivity contribution < 1.29 is 0 Å². The van der Waals surface area contributed by atoms with Crippen molar-refractivity contribution in [1.29, 1.82) is 10.5 Å². The van der Waals surface area contributed by atoms with Crippen LogP contribution in [0, 0.1) is 22.7 Å². The van der Waals surface area contributed by atoms with E-state index in [0.29, 0.717) is 28.5 Å². The number of hydrogen-bond donors (Lipinski definition) is 0. The molecule has 6 nitrogen and oxygen atoms in total. The number of hydrogen-bond acceptors (Lipinski definition) is 10. The number of benzene rings is 14. The Hall–Kier alpha value is -12.9. The quantitative estimate of drug-likeness (QED) is 0.135. The molecule has 0 amide bonds. The van der Waals surface area contributed by atoms with E-state index in [0.717, 1.165) is 95.0 Å². The zero-order chi connectivity index (χ0) is 69.2. The van der Waals surface area contributed by atoms with Crippen LogP contribution in [0.4, 0.5) is 0 Å². The van der Waals surface area contributed by atoms with Gasteiger partial charge in [0.2, 0.25) is 0 Å². The lowest BCUT2D eigenvalue weighted by molar-refractivity contribution is 1.18. The van der Waals surface area contributed by atoms with Crippen LogP contribution in [0.5, 0.6) is 0 Å². The molecule has 0 N–H and O–H groups in total. The van der Waals surface area contributed by atoms with Gasteiger partial charge in [-0.25, -0.2) is 19.9 Å². The van der Waals surface area contributed by atoms with Gasteiger partial charge in [-0.1, -0.05) is 188 Å². The molecule has 0 saturated heterocycles. The predicted octanol–water partition coefficient (Wildman–Crippen LogP) is 26.8. The Morgan fingerprint density at radius 3 is 0.913 bits per heavy atom. The van der Waals surface area contributed by atoms with Crippen molar-refractivity contribution in [2.24, 2.45) is 0 Å². The van der Waals surface area contributed by atoms with Crippen LogP contribution in [0.15, 0.2) is 328 Å². The topological polar surface area (TPSA) is 99.1 Å². The van der Waals surface area contributed by atoms with Gasteiger partial charge in [0.15, 0.2) is 11.6 Å². The van der Waals surface area contributed by atoms with Crippen LogP contribution >= 0.6 is 45.3 Å². The summed E-state index contributed by atoms with van der Waals surface area (Å²) in [6.45, 7) is 0. The van der Waals surface area contributed by atoms with E-state index >= 15 is 0 Å². The number of rotatable bonds is 10. The van der Waals surface area contributed by atoms with E-state index in [1.165, 1.54) is 80.7 Å². The van der Waals surface area contributed by atoms with E-state index in [9.17, 15) is 10.5 Å². The van der Waals surface area contributed by atoms with Crippen molar-refractivity contribution in [3.63, 3.8) is 0 Å². The minimum Gasteiger partial charge on any atom is -0.228 e. The zero-order valence-electron chi connectivity index (χ0n) is 55.5. The van der Waals surface area contributed by atoms with E-state index in [4.69, 9.17) is 19.9 Å². The monoisotopic (exact) mass is 1390 g/mol. The molecule has 484 valence electrons. The highest BCUT2D eigenvalue weighted by atomic mass is 32.1. The number of nitrogens with zero attached hydrogens (tertiary/aromatic N) is 6. The van der Waals surface area contributed by atoms with Gasteiger partial charge in [-0.2, -0.15) is 10.5 Å². The van der Waals surface area contributed by atoms with Gasteiger partial charge < -0.3 is 0 Å². The highest BCUT2D eigenvalue weighted by Crippen LogP contribution is 2.45. The summed E-state index contributed by atoms with van der Waals surface area (Å²) in [4.78, 5) is 20.5. The van der Waals surface area contributed by atoms with Crippen molar-refractivity contribution in [3.05, 3.63) is 339 Å². The maximum atomic E-state index is 10.0. The Balaban J connectivity index is 0.000000143. The Kier molecular flexibility index (Phi) is 15.7. The normalized spacial score (nSPS) is 11.4. The predicted molar refractivity (Wildman–Crippen MR) is 439 cm³/mol. The molecule has 104 heavy (non-hydrogen) atoms. The van der Waals surface area contributed by atoms with Crippen molar-refractivity contribution in [1.82, 2.24) is 19.9 Å². The van der Waals surface area contributed by atoms with Gasteiger partial charge >= 0.3 is 0 Å². The molecule has 20 rings (SSSR count). The average molecular weight is 1400 g/mol. The lowest BCUT2D eigenvalue weighted by atomic mass is 9.93. The maximum Gasteiger partial charge on any atom is 0.160 e. The fraction of sp³-hybridized carbons (Fsp3) is 0. The van der Waals surface area contributed by atoms with Crippen LogP contribution in [0.3, 0.4) is 0 Å². The first-order valence-corrected chi connectivity index (χ1v) is 37.5. The minimum absolute atomic E-state index is 0.577. The van der Waals surface area contributed by atoms with Crippen molar-refractivity contribution >= 4 is 126 Å². The summed E-state index contributed by atoms with van der Waals surface area (Å²) in [6, 6.07) is 120. The lowest BCUT2D eigenvalue weighted by Gasteiger charge is -2.14. The zero-order valence-corrected chi connectivity index (χ0v) is 58.8. The minimum atomic E-state index is 0.577. The smallest absolute Gasteiger partial charge is 0.160 e. The second-order valence-electron chi connectivity index (χ2n) is 25.8. The summed E-state index contributed by atoms with van der Waals surface area (Å²) < 4.78 is 10.3. The van der Waals surface area contributed by atoms with Crippen LogP contribution in [-0.4, -0.2) is 19.9 Å². The Labute approximate surface area is 614 Å². The van der Waals surface area contributed by atoms with Gasteiger partial charge in [-0.05, 0) is 184 Å². The second kappa shape index (κ2) is 26.2. The summed E-state index contributed by atoms with van der Waals surface area (Å²) in [5, 5.41) is 29.9. The molecule has 0 atom stereocenters. The van der Waals surface area contributed by atoms with E-state index in [1.807, 2.05) is 161 Å². The molecule has 0 fully saturated rings. The summed E-state index contributed by atoms with van der Waals surface area (Å²) in [5.74, 6) is 1.25. The van der Waals surface area contributed by atoms with E-state index in [1.54, 1.807) is 0 Å². The molecule has 20 aromatic rings. The molecule has 10 heteroatoms. The van der Waals surface area contributed by atoms with Gasteiger partial charge in [-0.15, -0.1) is 45.3 Å². The third-order valence-corrected chi connectivity index (χ3v) is 24.0. The Bertz CT molecular complexity index is 6650.